The molecule has 1 amide bonds. The molecule has 1 rings (SSSR count). The fourth-order valence-electron chi connectivity index (χ4n) is 1.75. The van der Waals surface area contributed by atoms with Crippen molar-refractivity contribution < 1.29 is 4.79 Å². The van der Waals surface area contributed by atoms with E-state index in [9.17, 15) is 4.79 Å². The predicted molar refractivity (Wildman–Crippen MR) is 78.6 cm³/mol. The van der Waals surface area contributed by atoms with E-state index < -0.39 is 0 Å². The van der Waals surface area contributed by atoms with Crippen molar-refractivity contribution in [2.24, 2.45) is 5.73 Å². The van der Waals surface area contributed by atoms with Gasteiger partial charge in [0.1, 0.15) is 0 Å². The normalized spacial score (nSPS) is 14.0. The van der Waals surface area contributed by atoms with Crippen LogP contribution in [0.15, 0.2) is 30.3 Å². The number of amides is 1. The van der Waals surface area contributed by atoms with Crippen molar-refractivity contribution in [1.29, 1.82) is 0 Å². The van der Waals surface area contributed by atoms with Crippen LogP contribution in [0, 0.1) is 0 Å². The highest BCUT2D eigenvalue weighted by atomic mass is 32.2. The lowest BCUT2D eigenvalue weighted by molar-refractivity contribution is -0.131. The zero-order valence-corrected chi connectivity index (χ0v) is 12.1. The van der Waals surface area contributed by atoms with Gasteiger partial charge in [0.2, 0.25) is 5.91 Å². The molecule has 0 bridgehead atoms. The number of benzene rings is 1. The quantitative estimate of drug-likeness (QED) is 0.859. The van der Waals surface area contributed by atoms with Crippen LogP contribution in [0.5, 0.6) is 0 Å². The summed E-state index contributed by atoms with van der Waals surface area (Å²) in [7, 11) is 1.85. The molecule has 0 heterocycles. The van der Waals surface area contributed by atoms with Crippen LogP contribution in [-0.2, 0) is 4.79 Å². The Hall–Kier alpha value is -1.00. The second-order valence-electron chi connectivity index (χ2n) is 4.53. The van der Waals surface area contributed by atoms with Crippen LogP contribution < -0.4 is 5.73 Å². The number of carbonyl (C=O) groups is 1. The van der Waals surface area contributed by atoms with Crippen molar-refractivity contribution in [3.63, 3.8) is 0 Å². The first-order chi connectivity index (χ1) is 8.56. The Labute approximate surface area is 114 Å². The average Bonchev–Trinajstić information content (AvgIpc) is 2.39. The number of hydrogen-bond acceptors (Lipinski definition) is 3. The van der Waals surface area contributed by atoms with E-state index in [1.807, 2.05) is 43.6 Å². The summed E-state index contributed by atoms with van der Waals surface area (Å²) >= 11 is 1.75. The van der Waals surface area contributed by atoms with Crippen LogP contribution in [0.2, 0.25) is 0 Å². The molecule has 0 radical (unpaired) electrons. The minimum atomic E-state index is -0.220. The SMILES string of the molecule is CSCC(C)N(C)C(=O)CC(N)c1ccccc1. The Balaban J connectivity index is 2.54. The summed E-state index contributed by atoms with van der Waals surface area (Å²) in [6.45, 7) is 2.06. The summed E-state index contributed by atoms with van der Waals surface area (Å²) < 4.78 is 0. The van der Waals surface area contributed by atoms with Crippen molar-refractivity contribution in [3.8, 4) is 0 Å². The van der Waals surface area contributed by atoms with E-state index in [1.54, 1.807) is 16.7 Å². The molecule has 0 saturated carbocycles. The van der Waals surface area contributed by atoms with E-state index in [4.69, 9.17) is 5.73 Å². The lowest BCUT2D eigenvalue weighted by Crippen LogP contribution is -2.38. The summed E-state index contributed by atoms with van der Waals surface area (Å²) in [5.74, 6) is 1.05. The molecule has 2 N–H and O–H groups in total. The lowest BCUT2D eigenvalue weighted by atomic mass is 10.0. The standard InChI is InChI=1S/C14H22N2OS/c1-11(10-18-3)16(2)14(17)9-13(15)12-7-5-4-6-8-12/h4-8,11,13H,9-10,15H2,1-3H3. The molecule has 0 saturated heterocycles. The summed E-state index contributed by atoms with van der Waals surface area (Å²) in [6, 6.07) is 9.79. The number of carbonyl (C=O) groups excluding carboxylic acids is 1. The van der Waals surface area contributed by atoms with E-state index in [0.29, 0.717) is 6.42 Å². The number of nitrogens with two attached hydrogens (primary N) is 1. The Kier molecular flexibility index (Phi) is 6.22. The van der Waals surface area contributed by atoms with Crippen LogP contribution in [0.25, 0.3) is 0 Å². The minimum absolute atomic E-state index is 0.105. The maximum Gasteiger partial charge on any atom is 0.224 e. The molecule has 0 aliphatic carbocycles. The fraction of sp³-hybridized carbons (Fsp3) is 0.500. The molecule has 18 heavy (non-hydrogen) atoms. The molecule has 4 heteroatoms. The van der Waals surface area contributed by atoms with Gasteiger partial charge in [-0.3, -0.25) is 4.79 Å². The first-order valence-electron chi connectivity index (χ1n) is 6.11. The van der Waals surface area contributed by atoms with Gasteiger partial charge in [-0.15, -0.1) is 0 Å². The number of thioether (sulfide) groups is 1. The second kappa shape index (κ2) is 7.44. The Bertz CT molecular complexity index is 369. The van der Waals surface area contributed by atoms with Crippen molar-refractivity contribution in [2.75, 3.05) is 19.1 Å². The molecule has 2 atom stereocenters. The molecular formula is C14H22N2OS. The molecule has 0 fully saturated rings. The molecule has 0 aliphatic rings. The van der Waals surface area contributed by atoms with E-state index in [1.165, 1.54) is 0 Å². The minimum Gasteiger partial charge on any atom is -0.342 e. The third-order valence-corrected chi connectivity index (χ3v) is 3.90. The number of rotatable bonds is 6. The van der Waals surface area contributed by atoms with Crippen LogP contribution in [0.3, 0.4) is 0 Å². The molecule has 1 aromatic rings. The van der Waals surface area contributed by atoms with Crippen molar-refractivity contribution >= 4 is 17.7 Å². The molecule has 1 aromatic carbocycles. The van der Waals surface area contributed by atoms with Gasteiger partial charge < -0.3 is 10.6 Å². The number of hydrogen-bond donors (Lipinski definition) is 1. The smallest absolute Gasteiger partial charge is 0.224 e. The zero-order valence-electron chi connectivity index (χ0n) is 11.3. The van der Waals surface area contributed by atoms with Crippen molar-refractivity contribution in [1.82, 2.24) is 4.90 Å². The van der Waals surface area contributed by atoms with Gasteiger partial charge in [-0.1, -0.05) is 30.3 Å². The summed E-state index contributed by atoms with van der Waals surface area (Å²) in [6.07, 6.45) is 2.41. The highest BCUT2D eigenvalue weighted by molar-refractivity contribution is 7.98. The lowest BCUT2D eigenvalue weighted by Gasteiger charge is -2.25. The molecule has 3 nitrogen and oxygen atoms in total. The molecular weight excluding hydrogens is 244 g/mol. The van der Waals surface area contributed by atoms with Gasteiger partial charge in [0, 0.05) is 31.3 Å². The third kappa shape index (κ3) is 4.35. The van der Waals surface area contributed by atoms with E-state index in [0.717, 1.165) is 11.3 Å². The second-order valence-corrected chi connectivity index (χ2v) is 5.44. The van der Waals surface area contributed by atoms with E-state index >= 15 is 0 Å². The predicted octanol–water partition coefficient (Wildman–Crippen LogP) is 2.29. The van der Waals surface area contributed by atoms with Gasteiger partial charge in [0.15, 0.2) is 0 Å². The zero-order chi connectivity index (χ0) is 13.5. The highest BCUT2D eigenvalue weighted by Crippen LogP contribution is 2.15. The monoisotopic (exact) mass is 266 g/mol. The van der Waals surface area contributed by atoms with Gasteiger partial charge in [0.25, 0.3) is 0 Å². The van der Waals surface area contributed by atoms with Crippen LogP contribution in [0.1, 0.15) is 24.9 Å². The Morgan fingerprint density at radius 2 is 2.00 bits per heavy atom. The average molecular weight is 266 g/mol. The molecule has 2 unspecified atom stereocenters. The maximum absolute atomic E-state index is 12.1. The van der Waals surface area contributed by atoms with E-state index in [-0.39, 0.29) is 18.0 Å². The summed E-state index contributed by atoms with van der Waals surface area (Å²) in [5, 5.41) is 0. The summed E-state index contributed by atoms with van der Waals surface area (Å²) in [4.78, 5) is 13.9. The van der Waals surface area contributed by atoms with Crippen molar-refractivity contribution in [3.05, 3.63) is 35.9 Å². The Morgan fingerprint density at radius 3 is 2.56 bits per heavy atom. The fourth-order valence-corrected chi connectivity index (χ4v) is 2.46. The molecule has 100 valence electrons. The first kappa shape index (κ1) is 15.1. The third-order valence-electron chi connectivity index (χ3n) is 3.08. The van der Waals surface area contributed by atoms with Gasteiger partial charge >= 0.3 is 0 Å². The van der Waals surface area contributed by atoms with Crippen molar-refractivity contribution in [2.45, 2.75) is 25.4 Å². The Morgan fingerprint density at radius 1 is 1.39 bits per heavy atom. The van der Waals surface area contributed by atoms with Gasteiger partial charge in [-0.25, -0.2) is 0 Å². The van der Waals surface area contributed by atoms with E-state index in [2.05, 4.69) is 6.92 Å². The van der Waals surface area contributed by atoms with Crippen LogP contribution in [0.4, 0.5) is 0 Å². The van der Waals surface area contributed by atoms with Crippen LogP contribution in [-0.4, -0.2) is 35.9 Å². The molecule has 0 aliphatic heterocycles. The van der Waals surface area contributed by atoms with Gasteiger partial charge in [-0.2, -0.15) is 11.8 Å². The molecule has 0 spiro atoms. The maximum atomic E-state index is 12.1. The topological polar surface area (TPSA) is 46.3 Å². The highest BCUT2D eigenvalue weighted by Gasteiger charge is 2.18. The largest absolute Gasteiger partial charge is 0.342 e. The van der Waals surface area contributed by atoms with Gasteiger partial charge in [-0.05, 0) is 18.7 Å². The molecule has 0 aromatic heterocycles. The summed E-state index contributed by atoms with van der Waals surface area (Å²) in [5.41, 5.74) is 7.07. The van der Waals surface area contributed by atoms with Crippen LogP contribution >= 0.6 is 11.8 Å². The van der Waals surface area contributed by atoms with Gasteiger partial charge in [0.05, 0.1) is 0 Å². The number of nitrogens with zero attached hydrogens (tertiary/aromatic N) is 1. The first-order valence-corrected chi connectivity index (χ1v) is 7.50.